The van der Waals surface area contributed by atoms with E-state index in [0.29, 0.717) is 12.5 Å². The number of nitrogens with two attached hydrogens (primary N) is 1. The zero-order valence-electron chi connectivity index (χ0n) is 7.85. The topological polar surface area (TPSA) is 69.6 Å². The van der Waals surface area contributed by atoms with Gasteiger partial charge in [0.25, 0.3) is 0 Å². The summed E-state index contributed by atoms with van der Waals surface area (Å²) in [6.45, 7) is 3.77. The van der Waals surface area contributed by atoms with Gasteiger partial charge in [0.15, 0.2) is 5.82 Å². The van der Waals surface area contributed by atoms with Crippen LogP contribution in [0, 0.1) is 5.92 Å². The van der Waals surface area contributed by atoms with E-state index in [1.54, 1.807) is 0 Å². The smallest absolute Gasteiger partial charge is 0.154 e. The Labute approximate surface area is 77.3 Å². The molecule has 1 aliphatic carbocycles. The Morgan fingerprint density at radius 2 is 2.38 bits per heavy atom. The van der Waals surface area contributed by atoms with Crippen molar-refractivity contribution in [3.63, 3.8) is 0 Å². The van der Waals surface area contributed by atoms with Gasteiger partial charge in [-0.15, -0.1) is 5.10 Å². The van der Waals surface area contributed by atoms with Gasteiger partial charge in [0.05, 0.1) is 0 Å². The summed E-state index contributed by atoms with van der Waals surface area (Å²) in [5, 5.41) is 11.7. The highest BCUT2D eigenvalue weighted by Gasteiger charge is 2.38. The summed E-state index contributed by atoms with van der Waals surface area (Å²) in [4.78, 5) is 0. The maximum Gasteiger partial charge on any atom is 0.154 e. The molecule has 1 aliphatic rings. The molecule has 1 aromatic heterocycles. The van der Waals surface area contributed by atoms with Gasteiger partial charge < -0.3 is 5.73 Å². The zero-order chi connectivity index (χ0) is 9.26. The predicted molar refractivity (Wildman–Crippen MR) is 48.0 cm³/mol. The number of aryl methyl sites for hydroxylation is 1. The van der Waals surface area contributed by atoms with Crippen molar-refractivity contribution in [2.75, 3.05) is 6.54 Å². The fraction of sp³-hybridized carbons (Fsp3) is 0.875. The van der Waals surface area contributed by atoms with Crippen molar-refractivity contribution >= 4 is 0 Å². The fourth-order valence-electron chi connectivity index (χ4n) is 1.56. The second kappa shape index (κ2) is 3.41. The number of hydrogen-bond donors (Lipinski definition) is 1. The zero-order valence-corrected chi connectivity index (χ0v) is 7.85. The molecule has 0 bridgehead atoms. The Morgan fingerprint density at radius 3 is 3.00 bits per heavy atom. The molecule has 2 rings (SSSR count). The molecule has 1 fully saturated rings. The lowest BCUT2D eigenvalue weighted by atomic mass is 10.3. The van der Waals surface area contributed by atoms with Crippen LogP contribution >= 0.6 is 0 Å². The van der Waals surface area contributed by atoms with Crippen molar-refractivity contribution in [1.29, 1.82) is 0 Å². The number of aromatic nitrogens is 4. The minimum absolute atomic E-state index is 0.591. The minimum atomic E-state index is 0.591. The average molecular weight is 181 g/mol. The van der Waals surface area contributed by atoms with Crippen molar-refractivity contribution in [3.8, 4) is 0 Å². The highest BCUT2D eigenvalue weighted by Crippen LogP contribution is 2.45. The van der Waals surface area contributed by atoms with Crippen LogP contribution in [0.5, 0.6) is 0 Å². The number of tetrazole rings is 1. The molecule has 0 aromatic carbocycles. The van der Waals surface area contributed by atoms with E-state index in [9.17, 15) is 0 Å². The molecule has 2 atom stereocenters. The molecule has 2 N–H and O–H groups in total. The van der Waals surface area contributed by atoms with Gasteiger partial charge in [-0.1, -0.05) is 6.92 Å². The van der Waals surface area contributed by atoms with E-state index in [0.717, 1.165) is 24.7 Å². The highest BCUT2D eigenvalue weighted by molar-refractivity contribution is 5.06. The van der Waals surface area contributed by atoms with Gasteiger partial charge in [-0.05, 0) is 35.7 Å². The SMILES string of the molecule is CC1CC1c1nnnn1CCCN. The summed E-state index contributed by atoms with van der Waals surface area (Å²) in [6, 6.07) is 0. The Balaban J connectivity index is 2.03. The Kier molecular flexibility index (Phi) is 2.26. The first-order valence-electron chi connectivity index (χ1n) is 4.79. The molecular weight excluding hydrogens is 166 g/mol. The fourth-order valence-corrected chi connectivity index (χ4v) is 1.56. The number of hydrogen-bond acceptors (Lipinski definition) is 4. The molecule has 1 heterocycles. The van der Waals surface area contributed by atoms with Crippen molar-refractivity contribution in [3.05, 3.63) is 5.82 Å². The van der Waals surface area contributed by atoms with E-state index in [4.69, 9.17) is 5.73 Å². The predicted octanol–water partition coefficient (Wildman–Crippen LogP) is 0.145. The van der Waals surface area contributed by atoms with Crippen molar-refractivity contribution in [1.82, 2.24) is 20.2 Å². The van der Waals surface area contributed by atoms with E-state index >= 15 is 0 Å². The lowest BCUT2D eigenvalue weighted by Gasteiger charge is -2.01. The third-order valence-electron chi connectivity index (χ3n) is 2.57. The van der Waals surface area contributed by atoms with Gasteiger partial charge in [0.2, 0.25) is 0 Å². The van der Waals surface area contributed by atoms with E-state index in [2.05, 4.69) is 22.4 Å². The van der Waals surface area contributed by atoms with Gasteiger partial charge in [-0.3, -0.25) is 0 Å². The number of nitrogens with zero attached hydrogens (tertiary/aromatic N) is 4. The van der Waals surface area contributed by atoms with Crippen LogP contribution in [-0.2, 0) is 6.54 Å². The Hall–Kier alpha value is -0.970. The van der Waals surface area contributed by atoms with Crippen molar-refractivity contribution < 1.29 is 0 Å². The average Bonchev–Trinajstić information content (AvgIpc) is 2.66. The summed E-state index contributed by atoms with van der Waals surface area (Å²) in [5.74, 6) is 2.39. The molecule has 5 nitrogen and oxygen atoms in total. The quantitative estimate of drug-likeness (QED) is 0.717. The summed E-state index contributed by atoms with van der Waals surface area (Å²) < 4.78 is 1.89. The van der Waals surface area contributed by atoms with Gasteiger partial charge in [0, 0.05) is 12.5 Å². The third-order valence-corrected chi connectivity index (χ3v) is 2.57. The second-order valence-corrected chi connectivity index (χ2v) is 3.72. The molecule has 13 heavy (non-hydrogen) atoms. The van der Waals surface area contributed by atoms with Crippen LogP contribution in [0.1, 0.15) is 31.5 Å². The molecule has 0 radical (unpaired) electrons. The van der Waals surface area contributed by atoms with E-state index in [1.807, 2.05) is 4.68 Å². The summed E-state index contributed by atoms with van der Waals surface area (Å²) in [6.07, 6.45) is 2.17. The van der Waals surface area contributed by atoms with Crippen molar-refractivity contribution in [2.24, 2.45) is 11.7 Å². The van der Waals surface area contributed by atoms with Gasteiger partial charge in [-0.2, -0.15) is 0 Å². The van der Waals surface area contributed by atoms with Gasteiger partial charge in [0.1, 0.15) is 0 Å². The van der Waals surface area contributed by atoms with Gasteiger partial charge in [-0.25, -0.2) is 4.68 Å². The molecule has 2 unspecified atom stereocenters. The molecule has 1 saturated carbocycles. The molecular formula is C8H15N5. The normalized spacial score (nSPS) is 26.3. The first kappa shape index (κ1) is 8.62. The Morgan fingerprint density at radius 1 is 1.62 bits per heavy atom. The van der Waals surface area contributed by atoms with Crippen molar-refractivity contribution in [2.45, 2.75) is 32.2 Å². The Bertz CT molecular complexity index is 282. The lowest BCUT2D eigenvalue weighted by molar-refractivity contribution is 0.540. The standard InChI is InChI=1S/C8H15N5/c1-6-5-7(6)8-10-11-12-13(8)4-2-3-9/h6-7H,2-5,9H2,1H3. The van der Waals surface area contributed by atoms with E-state index < -0.39 is 0 Å². The van der Waals surface area contributed by atoms with Crippen LogP contribution in [-0.4, -0.2) is 26.8 Å². The molecule has 0 aliphatic heterocycles. The van der Waals surface area contributed by atoms with Crippen LogP contribution in [0.15, 0.2) is 0 Å². The highest BCUT2D eigenvalue weighted by atomic mass is 15.5. The monoisotopic (exact) mass is 181 g/mol. The molecule has 5 heteroatoms. The maximum absolute atomic E-state index is 5.43. The van der Waals surface area contributed by atoms with Crippen LogP contribution in [0.2, 0.25) is 0 Å². The summed E-state index contributed by atoms with van der Waals surface area (Å²) >= 11 is 0. The molecule has 72 valence electrons. The van der Waals surface area contributed by atoms with E-state index in [1.165, 1.54) is 6.42 Å². The summed E-state index contributed by atoms with van der Waals surface area (Å²) in [7, 11) is 0. The van der Waals surface area contributed by atoms with Crippen LogP contribution in [0.4, 0.5) is 0 Å². The third kappa shape index (κ3) is 1.70. The maximum atomic E-state index is 5.43. The van der Waals surface area contributed by atoms with E-state index in [-0.39, 0.29) is 0 Å². The number of rotatable bonds is 4. The lowest BCUT2D eigenvalue weighted by Crippen LogP contribution is -2.10. The van der Waals surface area contributed by atoms with Gasteiger partial charge >= 0.3 is 0 Å². The van der Waals surface area contributed by atoms with Crippen LogP contribution < -0.4 is 5.73 Å². The molecule has 0 saturated heterocycles. The first-order valence-corrected chi connectivity index (χ1v) is 4.79. The molecule has 0 amide bonds. The second-order valence-electron chi connectivity index (χ2n) is 3.72. The largest absolute Gasteiger partial charge is 0.330 e. The van der Waals surface area contributed by atoms with Crippen LogP contribution in [0.3, 0.4) is 0 Å². The molecule has 0 spiro atoms. The first-order chi connectivity index (χ1) is 6.33. The minimum Gasteiger partial charge on any atom is -0.330 e. The van der Waals surface area contributed by atoms with Crippen LogP contribution in [0.25, 0.3) is 0 Å². The molecule has 1 aromatic rings. The summed E-state index contributed by atoms with van der Waals surface area (Å²) in [5.41, 5.74) is 5.43.